The van der Waals surface area contributed by atoms with Crippen LogP contribution >= 0.6 is 0 Å². The van der Waals surface area contributed by atoms with E-state index in [0.717, 1.165) is 77.8 Å². The van der Waals surface area contributed by atoms with Gasteiger partial charge in [-0.1, -0.05) is 0 Å². The second-order valence-corrected chi connectivity index (χ2v) is 10.5. The Hall–Kier alpha value is -2.79. The molecule has 200 valence electrons. The Morgan fingerprint density at radius 1 is 1.08 bits per heavy atom. The van der Waals surface area contributed by atoms with Crippen LogP contribution in [0, 0.1) is 0 Å². The van der Waals surface area contributed by atoms with Crippen molar-refractivity contribution in [3.8, 4) is 11.5 Å². The van der Waals surface area contributed by atoms with Crippen LogP contribution in [0.25, 0.3) is 0 Å². The fourth-order valence-electron chi connectivity index (χ4n) is 5.65. The lowest BCUT2D eigenvalue weighted by atomic mass is 10.0. The van der Waals surface area contributed by atoms with Crippen LogP contribution in [-0.2, 0) is 0 Å². The number of anilines is 2. The van der Waals surface area contributed by atoms with E-state index < -0.39 is 0 Å². The first-order valence-corrected chi connectivity index (χ1v) is 13.7. The molecule has 10 nitrogen and oxygen atoms in total. The molecule has 2 saturated heterocycles. The van der Waals surface area contributed by atoms with Crippen molar-refractivity contribution in [3.05, 3.63) is 40.4 Å². The van der Waals surface area contributed by atoms with Gasteiger partial charge in [-0.25, -0.2) is 4.79 Å². The minimum absolute atomic E-state index is 0.0953. The van der Waals surface area contributed by atoms with Gasteiger partial charge in [-0.15, -0.1) is 0 Å². The summed E-state index contributed by atoms with van der Waals surface area (Å²) >= 11 is 0. The Balaban J connectivity index is 1.20. The van der Waals surface area contributed by atoms with Crippen molar-refractivity contribution >= 4 is 17.3 Å². The number of carbonyl (C=O) groups is 1. The Morgan fingerprint density at radius 2 is 1.89 bits per heavy atom. The van der Waals surface area contributed by atoms with Gasteiger partial charge in [-0.05, 0) is 82.9 Å². The predicted octanol–water partition coefficient (Wildman–Crippen LogP) is 2.46. The molecule has 3 aliphatic heterocycles. The molecule has 0 aliphatic carbocycles. The van der Waals surface area contributed by atoms with Crippen LogP contribution in [-0.4, -0.2) is 77.0 Å². The molecule has 2 aromatic rings. The summed E-state index contributed by atoms with van der Waals surface area (Å²) in [6.07, 6.45) is 8.05. The average molecular weight is 510 g/mol. The van der Waals surface area contributed by atoms with Gasteiger partial charge in [0.05, 0.1) is 11.9 Å². The summed E-state index contributed by atoms with van der Waals surface area (Å²) in [7, 11) is 0. The molecule has 0 unspecified atom stereocenters. The number of benzene rings is 1. The Labute approximate surface area is 218 Å². The van der Waals surface area contributed by atoms with Crippen LogP contribution in [0.5, 0.6) is 11.5 Å². The molecule has 3 aliphatic rings. The lowest BCUT2D eigenvalue weighted by Crippen LogP contribution is -2.43. The number of rotatable bonds is 9. The van der Waals surface area contributed by atoms with Crippen molar-refractivity contribution in [2.75, 3.05) is 51.1 Å². The lowest BCUT2D eigenvalue weighted by molar-refractivity contribution is 0.0972. The number of fused-ring (bicyclic) bond motifs is 2. The molecule has 0 bridgehead atoms. The van der Waals surface area contributed by atoms with Crippen molar-refractivity contribution in [1.82, 2.24) is 19.4 Å². The normalized spacial score (nSPS) is 20.5. The second-order valence-electron chi connectivity index (χ2n) is 10.5. The van der Waals surface area contributed by atoms with Crippen LogP contribution in [0.1, 0.15) is 61.3 Å². The van der Waals surface area contributed by atoms with E-state index in [1.165, 1.54) is 0 Å². The van der Waals surface area contributed by atoms with Crippen molar-refractivity contribution in [3.63, 3.8) is 0 Å². The maximum Gasteiger partial charge on any atom is 0.350 e. The summed E-state index contributed by atoms with van der Waals surface area (Å²) in [4.78, 5) is 34.7. The number of hydrogen-bond acceptors (Lipinski definition) is 9. The molecule has 0 amide bonds. The molecule has 5 N–H and O–H groups in total. The van der Waals surface area contributed by atoms with Crippen molar-refractivity contribution in [2.24, 2.45) is 11.5 Å². The predicted molar refractivity (Wildman–Crippen MR) is 144 cm³/mol. The van der Waals surface area contributed by atoms with E-state index in [1.54, 1.807) is 16.8 Å². The summed E-state index contributed by atoms with van der Waals surface area (Å²) in [6.45, 7) is 6.45. The van der Waals surface area contributed by atoms with Crippen LogP contribution < -0.4 is 27.2 Å². The van der Waals surface area contributed by atoms with Gasteiger partial charge in [0.2, 0.25) is 0 Å². The van der Waals surface area contributed by atoms with E-state index in [0.29, 0.717) is 41.5 Å². The summed E-state index contributed by atoms with van der Waals surface area (Å²) in [5, 5.41) is 3.21. The smallest absolute Gasteiger partial charge is 0.350 e. The number of Topliss-reactive ketones (excluding diaryl/α,β-unsaturated/α-hetero) is 1. The quantitative estimate of drug-likeness (QED) is 0.372. The molecular formula is C27H39N7O3. The van der Waals surface area contributed by atoms with Crippen molar-refractivity contribution in [1.29, 1.82) is 0 Å². The Bertz CT molecular complexity index is 1160. The topological polar surface area (TPSA) is 132 Å². The van der Waals surface area contributed by atoms with Gasteiger partial charge in [0.25, 0.3) is 0 Å². The maximum atomic E-state index is 12.9. The highest BCUT2D eigenvalue weighted by Gasteiger charge is 2.26. The largest absolute Gasteiger partial charge is 0.450 e. The van der Waals surface area contributed by atoms with Gasteiger partial charge in [0.15, 0.2) is 23.1 Å². The number of aromatic nitrogens is 2. The molecule has 2 fully saturated rings. The standard InChI is InChI=1S/C27H39N7O3/c28-10-3-13-32-14-8-21(9-15-32)34-18-25-26(31-27(34)36)30-22-16-19(6-7-24(22)37-25)23(35)5-2-12-33-11-1-4-20(29)17-33/h6-7,16,18,20-21H,1-5,8-15,17,28-29H2,(H,30,31,36)/t20-/m0/s1. The highest BCUT2D eigenvalue weighted by molar-refractivity contribution is 5.97. The van der Waals surface area contributed by atoms with E-state index in [-0.39, 0.29) is 23.6 Å². The van der Waals surface area contributed by atoms with E-state index in [9.17, 15) is 9.59 Å². The highest BCUT2D eigenvalue weighted by Crippen LogP contribution is 2.41. The molecule has 1 aromatic carbocycles. The number of nitrogens with two attached hydrogens (primary N) is 2. The van der Waals surface area contributed by atoms with Crippen LogP contribution in [0.3, 0.4) is 0 Å². The van der Waals surface area contributed by atoms with Crippen LogP contribution in [0.4, 0.5) is 11.5 Å². The van der Waals surface area contributed by atoms with Gasteiger partial charge in [0.1, 0.15) is 0 Å². The summed E-state index contributed by atoms with van der Waals surface area (Å²) in [5.74, 6) is 1.63. The highest BCUT2D eigenvalue weighted by atomic mass is 16.5. The lowest BCUT2D eigenvalue weighted by Gasteiger charge is -2.33. The molecular weight excluding hydrogens is 470 g/mol. The maximum absolute atomic E-state index is 12.9. The number of carbonyl (C=O) groups excluding carboxylic acids is 1. The zero-order valence-corrected chi connectivity index (χ0v) is 21.5. The molecule has 0 radical (unpaired) electrons. The van der Waals surface area contributed by atoms with E-state index >= 15 is 0 Å². The van der Waals surface area contributed by atoms with Crippen molar-refractivity contribution < 1.29 is 9.53 Å². The third-order valence-electron chi connectivity index (χ3n) is 7.74. The van der Waals surface area contributed by atoms with Gasteiger partial charge in [0, 0.05) is 43.7 Å². The Morgan fingerprint density at radius 3 is 2.68 bits per heavy atom. The van der Waals surface area contributed by atoms with Crippen LogP contribution in [0.15, 0.2) is 29.2 Å². The number of nitrogens with zero attached hydrogens (tertiary/aromatic N) is 4. The van der Waals surface area contributed by atoms with E-state index in [1.807, 2.05) is 12.1 Å². The van der Waals surface area contributed by atoms with E-state index in [4.69, 9.17) is 16.2 Å². The first kappa shape index (κ1) is 25.8. The molecule has 1 atom stereocenters. The Kier molecular flexibility index (Phi) is 8.19. The minimum Gasteiger partial charge on any atom is -0.450 e. The summed E-state index contributed by atoms with van der Waals surface area (Å²) in [6, 6.07) is 5.77. The van der Waals surface area contributed by atoms with Crippen LogP contribution in [0.2, 0.25) is 0 Å². The zero-order chi connectivity index (χ0) is 25.8. The van der Waals surface area contributed by atoms with E-state index in [2.05, 4.69) is 20.1 Å². The molecule has 5 rings (SSSR count). The fourth-order valence-corrected chi connectivity index (χ4v) is 5.65. The number of hydrogen-bond donors (Lipinski definition) is 3. The number of piperidine rings is 2. The molecule has 37 heavy (non-hydrogen) atoms. The minimum atomic E-state index is -0.289. The fraction of sp³-hybridized carbons (Fsp3) is 0.593. The average Bonchev–Trinajstić information content (AvgIpc) is 2.90. The monoisotopic (exact) mass is 509 g/mol. The first-order valence-electron chi connectivity index (χ1n) is 13.7. The molecule has 4 heterocycles. The van der Waals surface area contributed by atoms with Crippen molar-refractivity contribution in [2.45, 2.75) is 57.0 Å². The zero-order valence-electron chi connectivity index (χ0n) is 21.5. The molecule has 1 aromatic heterocycles. The summed E-state index contributed by atoms with van der Waals surface area (Å²) in [5.41, 5.74) is 12.7. The first-order chi connectivity index (χ1) is 18.0. The molecule has 0 spiro atoms. The van der Waals surface area contributed by atoms with Gasteiger partial charge >= 0.3 is 5.69 Å². The van der Waals surface area contributed by atoms with Gasteiger partial charge < -0.3 is 31.3 Å². The number of ether oxygens (including phenoxy) is 1. The van der Waals surface area contributed by atoms with Gasteiger partial charge in [-0.2, -0.15) is 4.98 Å². The van der Waals surface area contributed by atoms with Gasteiger partial charge in [-0.3, -0.25) is 9.36 Å². The number of nitrogens with one attached hydrogen (secondary N) is 1. The molecule has 0 saturated carbocycles. The third-order valence-corrected chi connectivity index (χ3v) is 7.74. The molecule has 10 heteroatoms. The SMILES string of the molecule is NCCCN1CCC(n2cc3c(nc2=O)Nc2cc(C(=O)CCCN4CCC[C@H](N)C4)ccc2O3)CC1. The third kappa shape index (κ3) is 6.20. The second kappa shape index (κ2) is 11.7. The summed E-state index contributed by atoms with van der Waals surface area (Å²) < 4.78 is 7.81. The number of ketones is 1. The number of likely N-dealkylation sites (tertiary alicyclic amines) is 2.